The summed E-state index contributed by atoms with van der Waals surface area (Å²) in [6.45, 7) is 0.407. The molecule has 0 radical (unpaired) electrons. The third kappa shape index (κ3) is 3.73. The fourth-order valence-corrected chi connectivity index (χ4v) is 1.88. The van der Waals surface area contributed by atoms with Gasteiger partial charge in [-0.2, -0.15) is 0 Å². The Bertz CT molecular complexity index is 567. The molecule has 0 fully saturated rings. The van der Waals surface area contributed by atoms with E-state index in [1.807, 2.05) is 30.3 Å². The smallest absolute Gasteiger partial charge is 0.339 e. The third-order valence-corrected chi connectivity index (χ3v) is 2.90. The Morgan fingerprint density at radius 1 is 1.16 bits per heavy atom. The first kappa shape index (κ1) is 13.4. The van der Waals surface area contributed by atoms with Crippen LogP contribution < -0.4 is 4.74 Å². The molecule has 2 aromatic carbocycles. The molecule has 0 heterocycles. The van der Waals surface area contributed by atoms with Gasteiger partial charge in [0.25, 0.3) is 0 Å². The first-order valence-electron chi connectivity index (χ1n) is 5.86. The Balaban J connectivity index is 2.03. The second kappa shape index (κ2) is 6.25. The highest BCUT2D eigenvalue weighted by atomic mass is 35.5. The van der Waals surface area contributed by atoms with Gasteiger partial charge in [-0.3, -0.25) is 0 Å². The molecule has 1 N–H and O–H groups in total. The molecule has 0 atom stereocenters. The minimum atomic E-state index is -1.02. The van der Waals surface area contributed by atoms with E-state index in [0.717, 1.165) is 5.56 Å². The van der Waals surface area contributed by atoms with Crippen molar-refractivity contribution in [3.63, 3.8) is 0 Å². The Labute approximate surface area is 116 Å². The van der Waals surface area contributed by atoms with Gasteiger partial charge < -0.3 is 9.84 Å². The Morgan fingerprint density at radius 2 is 1.89 bits per heavy atom. The largest absolute Gasteiger partial charge is 0.492 e. The van der Waals surface area contributed by atoms with Crippen LogP contribution in [0.25, 0.3) is 0 Å². The first-order chi connectivity index (χ1) is 9.16. The normalized spacial score (nSPS) is 10.2. The summed E-state index contributed by atoms with van der Waals surface area (Å²) >= 11 is 5.84. The number of ether oxygens (including phenoxy) is 1. The average Bonchev–Trinajstić information content (AvgIpc) is 2.39. The van der Waals surface area contributed by atoms with Gasteiger partial charge in [0.1, 0.15) is 11.3 Å². The van der Waals surface area contributed by atoms with E-state index >= 15 is 0 Å². The van der Waals surface area contributed by atoms with E-state index in [1.165, 1.54) is 18.2 Å². The fraction of sp³-hybridized carbons (Fsp3) is 0.133. The lowest BCUT2D eigenvalue weighted by Crippen LogP contribution is -2.06. The van der Waals surface area contributed by atoms with Crippen molar-refractivity contribution in [1.29, 1.82) is 0 Å². The van der Waals surface area contributed by atoms with E-state index in [2.05, 4.69) is 0 Å². The van der Waals surface area contributed by atoms with Crippen molar-refractivity contribution in [3.05, 3.63) is 64.7 Å². The maximum absolute atomic E-state index is 11.0. The van der Waals surface area contributed by atoms with Crippen LogP contribution in [0.4, 0.5) is 0 Å². The molecule has 0 aliphatic rings. The van der Waals surface area contributed by atoms with E-state index in [0.29, 0.717) is 23.8 Å². The lowest BCUT2D eigenvalue weighted by atomic mass is 10.1. The van der Waals surface area contributed by atoms with Crippen LogP contribution in [0.1, 0.15) is 15.9 Å². The number of hydrogen-bond acceptors (Lipinski definition) is 2. The number of carboxylic acids is 1. The second-order valence-corrected chi connectivity index (χ2v) is 4.47. The number of rotatable bonds is 5. The van der Waals surface area contributed by atoms with Gasteiger partial charge in [0.05, 0.1) is 6.61 Å². The van der Waals surface area contributed by atoms with Gasteiger partial charge in [-0.25, -0.2) is 4.79 Å². The van der Waals surface area contributed by atoms with E-state index in [1.54, 1.807) is 0 Å². The number of benzene rings is 2. The van der Waals surface area contributed by atoms with E-state index in [4.69, 9.17) is 21.4 Å². The fourth-order valence-electron chi connectivity index (χ4n) is 1.72. The zero-order valence-corrected chi connectivity index (χ0v) is 10.9. The molecule has 2 rings (SSSR count). The van der Waals surface area contributed by atoms with E-state index < -0.39 is 5.97 Å². The van der Waals surface area contributed by atoms with Crippen molar-refractivity contribution >= 4 is 17.6 Å². The van der Waals surface area contributed by atoms with Gasteiger partial charge in [0.15, 0.2) is 0 Å². The highest BCUT2D eigenvalue weighted by molar-refractivity contribution is 6.30. The second-order valence-electron chi connectivity index (χ2n) is 4.03. The van der Waals surface area contributed by atoms with E-state index in [-0.39, 0.29) is 5.56 Å². The SMILES string of the molecule is O=C(O)c1ccc(Cl)cc1OCCc1ccccc1. The monoisotopic (exact) mass is 276 g/mol. The van der Waals surface area contributed by atoms with Crippen molar-refractivity contribution in [3.8, 4) is 5.75 Å². The zero-order valence-electron chi connectivity index (χ0n) is 10.2. The highest BCUT2D eigenvalue weighted by Crippen LogP contribution is 2.23. The summed E-state index contributed by atoms with van der Waals surface area (Å²) < 4.78 is 5.52. The minimum Gasteiger partial charge on any atom is -0.492 e. The molecule has 19 heavy (non-hydrogen) atoms. The lowest BCUT2D eigenvalue weighted by molar-refractivity contribution is 0.0692. The molecule has 2 aromatic rings. The summed E-state index contributed by atoms with van der Waals surface area (Å²) in [7, 11) is 0. The quantitative estimate of drug-likeness (QED) is 0.906. The molecule has 98 valence electrons. The number of carboxylic acid groups (broad SMARTS) is 1. The summed E-state index contributed by atoms with van der Waals surface area (Å²) in [5.74, 6) is -0.720. The van der Waals surface area contributed by atoms with Crippen LogP contribution in [0.5, 0.6) is 5.75 Å². The average molecular weight is 277 g/mol. The van der Waals surface area contributed by atoms with Crippen molar-refractivity contribution in [2.24, 2.45) is 0 Å². The maximum atomic E-state index is 11.0. The molecule has 0 bridgehead atoms. The van der Waals surface area contributed by atoms with Crippen LogP contribution >= 0.6 is 11.6 Å². The summed E-state index contributed by atoms with van der Waals surface area (Å²) in [4.78, 5) is 11.0. The molecule has 3 nitrogen and oxygen atoms in total. The standard InChI is InChI=1S/C15H13ClO3/c16-12-6-7-13(15(17)18)14(10-12)19-9-8-11-4-2-1-3-5-11/h1-7,10H,8-9H2,(H,17,18). The topological polar surface area (TPSA) is 46.5 Å². The first-order valence-corrected chi connectivity index (χ1v) is 6.24. The molecule has 0 saturated carbocycles. The molecule has 0 amide bonds. The van der Waals surface area contributed by atoms with Crippen molar-refractivity contribution in [2.75, 3.05) is 6.61 Å². The predicted octanol–water partition coefficient (Wildman–Crippen LogP) is 3.66. The van der Waals surface area contributed by atoms with Gasteiger partial charge in [0.2, 0.25) is 0 Å². The molecule has 4 heteroatoms. The molecule has 0 spiro atoms. The lowest BCUT2D eigenvalue weighted by Gasteiger charge is -2.09. The van der Waals surface area contributed by atoms with Gasteiger partial charge in [-0.05, 0) is 23.8 Å². The van der Waals surface area contributed by atoms with Crippen LogP contribution in [0.3, 0.4) is 0 Å². The zero-order chi connectivity index (χ0) is 13.7. The Kier molecular flexibility index (Phi) is 4.42. The van der Waals surface area contributed by atoms with Crippen LogP contribution in [0, 0.1) is 0 Å². The maximum Gasteiger partial charge on any atom is 0.339 e. The summed E-state index contributed by atoms with van der Waals surface area (Å²) in [5.41, 5.74) is 1.26. The van der Waals surface area contributed by atoms with Crippen LogP contribution in [-0.2, 0) is 6.42 Å². The molecule has 0 aromatic heterocycles. The number of aromatic carboxylic acids is 1. The van der Waals surface area contributed by atoms with Crippen LogP contribution in [0.15, 0.2) is 48.5 Å². The number of hydrogen-bond donors (Lipinski definition) is 1. The molecular formula is C15H13ClO3. The molecule has 0 aliphatic carbocycles. The highest BCUT2D eigenvalue weighted by Gasteiger charge is 2.11. The Hall–Kier alpha value is -2.00. The van der Waals surface area contributed by atoms with E-state index in [9.17, 15) is 4.79 Å². The third-order valence-electron chi connectivity index (χ3n) is 2.67. The Morgan fingerprint density at radius 3 is 2.58 bits per heavy atom. The molecule has 0 unspecified atom stereocenters. The van der Waals surface area contributed by atoms with Crippen molar-refractivity contribution in [1.82, 2.24) is 0 Å². The molecule has 0 aliphatic heterocycles. The van der Waals surface area contributed by atoms with Crippen molar-refractivity contribution in [2.45, 2.75) is 6.42 Å². The van der Waals surface area contributed by atoms with Crippen LogP contribution in [0.2, 0.25) is 5.02 Å². The van der Waals surface area contributed by atoms with Gasteiger partial charge in [0, 0.05) is 11.4 Å². The van der Waals surface area contributed by atoms with Gasteiger partial charge in [-0.1, -0.05) is 41.9 Å². The van der Waals surface area contributed by atoms with Crippen LogP contribution in [-0.4, -0.2) is 17.7 Å². The summed E-state index contributed by atoms with van der Waals surface area (Å²) in [6.07, 6.45) is 0.715. The predicted molar refractivity (Wildman–Crippen MR) is 74.1 cm³/mol. The number of halogens is 1. The summed E-state index contributed by atoms with van der Waals surface area (Å²) in [6, 6.07) is 14.4. The van der Waals surface area contributed by atoms with Gasteiger partial charge in [-0.15, -0.1) is 0 Å². The number of carbonyl (C=O) groups is 1. The van der Waals surface area contributed by atoms with Crippen molar-refractivity contribution < 1.29 is 14.6 Å². The molecule has 0 saturated heterocycles. The molecular weight excluding hydrogens is 264 g/mol. The minimum absolute atomic E-state index is 0.123. The van der Waals surface area contributed by atoms with Gasteiger partial charge >= 0.3 is 5.97 Å². The summed E-state index contributed by atoms with van der Waals surface area (Å²) in [5, 5.41) is 9.51.